The molecule has 3 aliphatic carbocycles. The monoisotopic (exact) mass is 479 g/mol. The Hall–Kier alpha value is -2.82. The summed E-state index contributed by atoms with van der Waals surface area (Å²) in [4.78, 5) is 2.85. The summed E-state index contributed by atoms with van der Waals surface area (Å²) in [6.45, 7) is 1.01. The highest BCUT2D eigenvalue weighted by Gasteiger charge is 2.66. The van der Waals surface area contributed by atoms with E-state index in [-0.39, 0.29) is 17.6 Å². The Morgan fingerprint density at radius 3 is 2.36 bits per heavy atom. The summed E-state index contributed by atoms with van der Waals surface area (Å²) in [6, 6.07) is 23.3. The molecule has 0 radical (unpaired) electrons. The lowest BCUT2D eigenvalue weighted by atomic mass is 9.51. The summed E-state index contributed by atoms with van der Waals surface area (Å²) in [5.74, 6) is 2.20. The van der Waals surface area contributed by atoms with Crippen molar-refractivity contribution < 1.29 is 14.6 Å². The van der Waals surface area contributed by atoms with E-state index in [1.165, 1.54) is 33.4 Å². The number of aliphatic hydroxyl groups is 1. The summed E-state index contributed by atoms with van der Waals surface area (Å²) in [5.41, 5.74) is 8.58. The highest BCUT2D eigenvalue weighted by molar-refractivity contribution is 5.61. The third-order valence-corrected chi connectivity index (χ3v) is 10.2. The molecule has 2 aliphatic heterocycles. The maximum absolute atomic E-state index is 11.2. The second-order valence-electron chi connectivity index (χ2n) is 11.5. The first-order valence-corrected chi connectivity index (χ1v) is 13.7. The first-order valence-electron chi connectivity index (χ1n) is 13.7. The van der Waals surface area contributed by atoms with Crippen molar-refractivity contribution in [3.05, 3.63) is 94.0 Å². The van der Waals surface area contributed by atoms with E-state index in [9.17, 15) is 5.11 Å². The van der Waals surface area contributed by atoms with Gasteiger partial charge in [0.05, 0.1) is 19.3 Å². The van der Waals surface area contributed by atoms with Gasteiger partial charge in [-0.3, -0.25) is 4.90 Å². The van der Waals surface area contributed by atoms with Crippen LogP contribution in [0.25, 0.3) is 0 Å². The van der Waals surface area contributed by atoms with E-state index in [1.54, 1.807) is 7.11 Å². The van der Waals surface area contributed by atoms with Gasteiger partial charge >= 0.3 is 0 Å². The van der Waals surface area contributed by atoms with Crippen LogP contribution < -0.4 is 9.47 Å². The molecule has 1 saturated heterocycles. The molecule has 36 heavy (non-hydrogen) atoms. The molecule has 5 aliphatic rings. The zero-order valence-corrected chi connectivity index (χ0v) is 20.8. The highest BCUT2D eigenvalue weighted by Crippen LogP contribution is 2.64. The molecule has 1 saturated carbocycles. The van der Waals surface area contributed by atoms with Crippen LogP contribution in [0.3, 0.4) is 0 Å². The molecule has 2 bridgehead atoms. The molecular formula is C32H33NO3. The fourth-order valence-corrected chi connectivity index (χ4v) is 8.87. The summed E-state index contributed by atoms with van der Waals surface area (Å²) < 4.78 is 12.4. The molecule has 5 atom stereocenters. The van der Waals surface area contributed by atoms with Gasteiger partial charge in [0.15, 0.2) is 11.5 Å². The van der Waals surface area contributed by atoms with Crippen LogP contribution in [0.15, 0.2) is 60.7 Å². The van der Waals surface area contributed by atoms with Crippen molar-refractivity contribution >= 4 is 0 Å². The number of methoxy groups -OCH3 is 1. The van der Waals surface area contributed by atoms with E-state index in [1.807, 2.05) is 0 Å². The van der Waals surface area contributed by atoms with E-state index < -0.39 is 6.10 Å². The number of rotatable bonds is 2. The van der Waals surface area contributed by atoms with Crippen molar-refractivity contribution in [2.45, 2.75) is 68.2 Å². The molecule has 0 aromatic heterocycles. The Morgan fingerprint density at radius 2 is 1.64 bits per heavy atom. The number of nitrogens with zero attached hydrogens (tertiary/aromatic N) is 1. The average molecular weight is 480 g/mol. The van der Waals surface area contributed by atoms with Gasteiger partial charge < -0.3 is 14.6 Å². The number of piperidine rings is 1. The van der Waals surface area contributed by atoms with E-state index in [0.717, 1.165) is 56.6 Å². The molecule has 0 unspecified atom stereocenters. The Kier molecular flexibility index (Phi) is 4.49. The van der Waals surface area contributed by atoms with Crippen molar-refractivity contribution in [1.29, 1.82) is 0 Å². The van der Waals surface area contributed by atoms with Crippen LogP contribution in [0.1, 0.15) is 58.7 Å². The number of benzene rings is 3. The summed E-state index contributed by atoms with van der Waals surface area (Å²) in [6.07, 6.45) is 5.53. The van der Waals surface area contributed by atoms with Crippen molar-refractivity contribution in [3.8, 4) is 11.5 Å². The van der Waals surface area contributed by atoms with Gasteiger partial charge in [-0.2, -0.15) is 0 Å². The second-order valence-corrected chi connectivity index (χ2v) is 11.5. The lowest BCUT2D eigenvalue weighted by Crippen LogP contribution is -2.67. The van der Waals surface area contributed by atoms with Gasteiger partial charge in [0.2, 0.25) is 0 Å². The molecule has 0 amide bonds. The maximum Gasteiger partial charge on any atom is 0.165 e. The molecule has 8 rings (SSSR count). The number of hydrogen-bond acceptors (Lipinski definition) is 4. The molecule has 4 heteroatoms. The summed E-state index contributed by atoms with van der Waals surface area (Å²) >= 11 is 0. The zero-order valence-electron chi connectivity index (χ0n) is 20.8. The summed E-state index contributed by atoms with van der Waals surface area (Å²) in [7, 11) is 1.73. The normalized spacial score (nSPS) is 32.1. The first kappa shape index (κ1) is 21.3. The third kappa shape index (κ3) is 2.62. The van der Waals surface area contributed by atoms with E-state index in [0.29, 0.717) is 12.0 Å². The minimum Gasteiger partial charge on any atom is -0.493 e. The quantitative estimate of drug-likeness (QED) is 0.563. The van der Waals surface area contributed by atoms with Crippen LogP contribution in [-0.4, -0.2) is 41.9 Å². The molecule has 4 nitrogen and oxygen atoms in total. The molecule has 2 heterocycles. The predicted octanol–water partition coefficient (Wildman–Crippen LogP) is 4.98. The van der Waals surface area contributed by atoms with Crippen LogP contribution in [0.2, 0.25) is 0 Å². The van der Waals surface area contributed by atoms with Crippen LogP contribution >= 0.6 is 0 Å². The number of hydrogen-bond donors (Lipinski definition) is 1. The first-order chi connectivity index (χ1) is 17.7. The van der Waals surface area contributed by atoms with Gasteiger partial charge in [0.25, 0.3) is 0 Å². The van der Waals surface area contributed by atoms with Gasteiger partial charge in [-0.15, -0.1) is 0 Å². The van der Waals surface area contributed by atoms with Crippen molar-refractivity contribution in [2.75, 3.05) is 13.7 Å². The minimum absolute atomic E-state index is 0.111. The highest BCUT2D eigenvalue weighted by atomic mass is 16.5. The molecule has 184 valence electrons. The molecule has 1 N–H and O–H groups in total. The molecule has 3 aromatic carbocycles. The van der Waals surface area contributed by atoms with Crippen molar-refractivity contribution in [3.63, 3.8) is 0 Å². The molecular weight excluding hydrogens is 446 g/mol. The smallest absolute Gasteiger partial charge is 0.165 e. The van der Waals surface area contributed by atoms with Crippen molar-refractivity contribution in [1.82, 2.24) is 4.90 Å². The van der Waals surface area contributed by atoms with Crippen LogP contribution in [0, 0.1) is 5.92 Å². The number of ether oxygens (including phenoxy) is 2. The van der Waals surface area contributed by atoms with Gasteiger partial charge in [0.1, 0.15) is 6.10 Å². The van der Waals surface area contributed by atoms with Gasteiger partial charge in [-0.1, -0.05) is 54.6 Å². The lowest BCUT2D eigenvalue weighted by molar-refractivity contribution is -0.109. The maximum atomic E-state index is 11.2. The van der Waals surface area contributed by atoms with Gasteiger partial charge in [-0.05, 0) is 78.3 Å². The Balaban J connectivity index is 1.31. The molecule has 1 spiro atoms. The van der Waals surface area contributed by atoms with E-state index in [2.05, 4.69) is 65.6 Å². The van der Waals surface area contributed by atoms with Crippen LogP contribution in [-0.2, 0) is 24.7 Å². The Labute approximate surface area is 212 Å². The average Bonchev–Trinajstić information content (AvgIpc) is 3.17. The van der Waals surface area contributed by atoms with E-state index >= 15 is 0 Å². The van der Waals surface area contributed by atoms with E-state index in [4.69, 9.17) is 9.47 Å². The lowest BCUT2D eigenvalue weighted by Gasteiger charge is -2.60. The number of likely N-dealkylation sites (tertiary alicyclic amines) is 1. The van der Waals surface area contributed by atoms with Crippen LogP contribution in [0.5, 0.6) is 11.5 Å². The van der Waals surface area contributed by atoms with Gasteiger partial charge in [-0.25, -0.2) is 0 Å². The number of fused-ring (bicyclic) bond motifs is 2. The topological polar surface area (TPSA) is 41.9 Å². The largest absolute Gasteiger partial charge is 0.493 e. The Bertz CT molecular complexity index is 1320. The van der Waals surface area contributed by atoms with Gasteiger partial charge in [0, 0.05) is 23.6 Å². The fraction of sp³-hybridized carbons (Fsp3) is 0.438. The van der Waals surface area contributed by atoms with Crippen molar-refractivity contribution in [2.24, 2.45) is 5.92 Å². The standard InChI is InChI=1S/C32H33NO3/c1-35-27-15-12-21-18-25-24-13-14-26(34)31-32(24,28(21)30(27)36-31)16-17-33(25)29-22-8-4-2-6-19(22)10-11-20-7-3-5-9-23(20)29/h2-9,12,15,24-26,29,31,34H,10-11,13-14,16-18H2,1H3/t24-,25+,26+,31-,32-/m0/s1. The Morgan fingerprint density at radius 1 is 0.917 bits per heavy atom. The fourth-order valence-electron chi connectivity index (χ4n) is 8.87. The number of aliphatic hydroxyl groups excluding tert-OH is 1. The minimum atomic E-state index is -0.421. The number of aryl methyl sites for hydroxylation is 2. The second kappa shape index (κ2) is 7.60. The van der Waals surface area contributed by atoms with Crippen LogP contribution in [0.4, 0.5) is 0 Å². The summed E-state index contributed by atoms with van der Waals surface area (Å²) in [5, 5.41) is 11.2. The predicted molar refractivity (Wildman–Crippen MR) is 139 cm³/mol. The molecule has 3 aromatic rings. The SMILES string of the molecule is COc1ccc2c3c1O[C@H]1[C@H](O)CC[C@H]4[C@@H](C2)N(C2c5ccccc5CCc5ccccc52)CC[C@@]341. The molecule has 2 fully saturated rings. The third-order valence-electron chi connectivity index (χ3n) is 10.2. The zero-order chi connectivity index (χ0) is 24.0.